The van der Waals surface area contributed by atoms with Gasteiger partial charge in [0, 0.05) is 39.1 Å². The standard InChI is InChI=1S/C15H17ClFN3O/c1-11-9-13(16)12(10-14(11)17)15(21)20-7-5-19(6-8-20)4-2-3-18/h9-10H,2,4-8H2,1H3. The van der Waals surface area contributed by atoms with Crippen molar-refractivity contribution in [2.45, 2.75) is 13.3 Å². The molecule has 1 amide bonds. The first-order valence-electron chi connectivity index (χ1n) is 6.87. The zero-order chi connectivity index (χ0) is 15.4. The Hall–Kier alpha value is -1.64. The predicted molar refractivity (Wildman–Crippen MR) is 78.7 cm³/mol. The van der Waals surface area contributed by atoms with E-state index >= 15 is 0 Å². The van der Waals surface area contributed by atoms with Gasteiger partial charge in [-0.3, -0.25) is 9.69 Å². The van der Waals surface area contributed by atoms with Gasteiger partial charge in [-0.05, 0) is 24.6 Å². The van der Waals surface area contributed by atoms with Gasteiger partial charge >= 0.3 is 0 Å². The smallest absolute Gasteiger partial charge is 0.255 e. The lowest BCUT2D eigenvalue weighted by Gasteiger charge is -2.34. The maximum absolute atomic E-state index is 13.6. The highest BCUT2D eigenvalue weighted by atomic mass is 35.5. The van der Waals surface area contributed by atoms with Crippen molar-refractivity contribution >= 4 is 17.5 Å². The Morgan fingerprint density at radius 3 is 2.67 bits per heavy atom. The number of piperazine rings is 1. The van der Waals surface area contributed by atoms with Gasteiger partial charge in [-0.1, -0.05) is 11.6 Å². The SMILES string of the molecule is Cc1cc(Cl)c(C(=O)N2CCN(CCC#N)CC2)cc1F. The third kappa shape index (κ3) is 3.72. The molecule has 1 aliphatic heterocycles. The fraction of sp³-hybridized carbons (Fsp3) is 0.467. The third-order valence-corrected chi connectivity index (χ3v) is 3.99. The number of halogens is 2. The maximum Gasteiger partial charge on any atom is 0.255 e. The number of nitrogens with zero attached hydrogens (tertiary/aromatic N) is 3. The topological polar surface area (TPSA) is 47.3 Å². The largest absolute Gasteiger partial charge is 0.336 e. The van der Waals surface area contributed by atoms with E-state index in [0.717, 1.165) is 19.6 Å². The van der Waals surface area contributed by atoms with Crippen molar-refractivity contribution in [2.24, 2.45) is 0 Å². The van der Waals surface area contributed by atoms with Crippen LogP contribution in [0.3, 0.4) is 0 Å². The minimum atomic E-state index is -0.421. The first-order valence-corrected chi connectivity index (χ1v) is 7.25. The Bertz CT molecular complexity index is 577. The highest BCUT2D eigenvalue weighted by Crippen LogP contribution is 2.22. The summed E-state index contributed by atoms with van der Waals surface area (Å²) in [7, 11) is 0. The molecule has 6 heteroatoms. The summed E-state index contributed by atoms with van der Waals surface area (Å²) >= 11 is 6.05. The number of amides is 1. The van der Waals surface area contributed by atoms with Crippen molar-refractivity contribution in [2.75, 3.05) is 32.7 Å². The van der Waals surface area contributed by atoms with E-state index in [0.29, 0.717) is 25.1 Å². The van der Waals surface area contributed by atoms with E-state index in [2.05, 4.69) is 11.0 Å². The molecule has 0 aromatic heterocycles. The van der Waals surface area contributed by atoms with Crippen LogP contribution in [0.25, 0.3) is 0 Å². The second kappa shape index (κ2) is 6.88. The molecule has 0 aliphatic carbocycles. The van der Waals surface area contributed by atoms with Crippen LogP contribution in [0, 0.1) is 24.1 Å². The first kappa shape index (κ1) is 15.7. The van der Waals surface area contributed by atoms with E-state index in [1.165, 1.54) is 12.1 Å². The lowest BCUT2D eigenvalue weighted by Crippen LogP contribution is -2.48. The molecular weight excluding hydrogens is 293 g/mol. The number of rotatable bonds is 3. The van der Waals surface area contributed by atoms with Gasteiger partial charge in [-0.15, -0.1) is 0 Å². The molecule has 4 nitrogen and oxygen atoms in total. The summed E-state index contributed by atoms with van der Waals surface area (Å²) in [6.07, 6.45) is 0.489. The quantitative estimate of drug-likeness (QED) is 0.861. The molecule has 0 unspecified atom stereocenters. The number of aryl methyl sites for hydroxylation is 1. The number of hydrogen-bond acceptors (Lipinski definition) is 3. The van der Waals surface area contributed by atoms with Crippen molar-refractivity contribution in [1.29, 1.82) is 5.26 Å². The molecule has 1 aromatic rings. The summed E-state index contributed by atoms with van der Waals surface area (Å²) in [5.74, 6) is -0.658. The van der Waals surface area contributed by atoms with Crippen molar-refractivity contribution in [3.63, 3.8) is 0 Å². The Labute approximate surface area is 128 Å². The van der Waals surface area contributed by atoms with E-state index in [4.69, 9.17) is 16.9 Å². The molecule has 1 fully saturated rings. The number of benzene rings is 1. The number of carbonyl (C=O) groups is 1. The molecule has 0 spiro atoms. The van der Waals surface area contributed by atoms with E-state index in [1.807, 2.05) is 0 Å². The molecule has 0 N–H and O–H groups in total. The molecule has 1 aliphatic rings. The molecular formula is C15H17ClFN3O. The second-order valence-corrected chi connectivity index (χ2v) is 5.53. The lowest BCUT2D eigenvalue weighted by atomic mass is 10.1. The molecule has 1 aromatic carbocycles. The van der Waals surface area contributed by atoms with Crippen LogP contribution in [-0.2, 0) is 0 Å². The summed E-state index contributed by atoms with van der Waals surface area (Å²) in [5, 5.41) is 8.86. The summed E-state index contributed by atoms with van der Waals surface area (Å²) in [6.45, 7) is 4.91. The Morgan fingerprint density at radius 2 is 2.05 bits per heavy atom. The van der Waals surface area contributed by atoms with Gasteiger partial charge in [0.2, 0.25) is 0 Å². The minimum absolute atomic E-state index is 0.213. The van der Waals surface area contributed by atoms with Gasteiger partial charge < -0.3 is 4.90 Å². The molecule has 1 heterocycles. The summed E-state index contributed by atoms with van der Waals surface area (Å²) < 4.78 is 13.6. The highest BCUT2D eigenvalue weighted by molar-refractivity contribution is 6.33. The van der Waals surface area contributed by atoms with Gasteiger partial charge in [-0.2, -0.15) is 5.26 Å². The maximum atomic E-state index is 13.6. The van der Waals surface area contributed by atoms with Crippen LogP contribution in [0.5, 0.6) is 0 Å². The van der Waals surface area contributed by atoms with Crippen LogP contribution in [0.4, 0.5) is 4.39 Å². The van der Waals surface area contributed by atoms with Crippen molar-refractivity contribution in [3.05, 3.63) is 34.1 Å². The van der Waals surface area contributed by atoms with Crippen LogP contribution in [0.1, 0.15) is 22.3 Å². The van der Waals surface area contributed by atoms with E-state index in [1.54, 1.807) is 11.8 Å². The molecule has 112 valence electrons. The second-order valence-electron chi connectivity index (χ2n) is 5.12. The van der Waals surface area contributed by atoms with Crippen LogP contribution in [0.15, 0.2) is 12.1 Å². The van der Waals surface area contributed by atoms with Gasteiger partial charge in [-0.25, -0.2) is 4.39 Å². The van der Waals surface area contributed by atoms with Crippen LogP contribution in [0.2, 0.25) is 5.02 Å². The Kier molecular flexibility index (Phi) is 5.16. The zero-order valence-electron chi connectivity index (χ0n) is 11.9. The van der Waals surface area contributed by atoms with Gasteiger partial charge in [0.15, 0.2) is 0 Å². The van der Waals surface area contributed by atoms with E-state index < -0.39 is 5.82 Å². The van der Waals surface area contributed by atoms with Crippen LogP contribution >= 0.6 is 11.6 Å². The summed E-state index contributed by atoms with van der Waals surface area (Å²) in [6, 6.07) is 4.80. The zero-order valence-corrected chi connectivity index (χ0v) is 12.7. The normalized spacial score (nSPS) is 15.8. The number of carbonyl (C=O) groups excluding carboxylic acids is 1. The third-order valence-electron chi connectivity index (χ3n) is 3.68. The lowest BCUT2D eigenvalue weighted by molar-refractivity contribution is 0.0639. The monoisotopic (exact) mass is 309 g/mol. The van der Waals surface area contributed by atoms with Crippen molar-refractivity contribution in [3.8, 4) is 6.07 Å². The van der Waals surface area contributed by atoms with E-state index in [9.17, 15) is 9.18 Å². The van der Waals surface area contributed by atoms with Crippen molar-refractivity contribution < 1.29 is 9.18 Å². The molecule has 1 saturated heterocycles. The Balaban J connectivity index is 2.02. The molecule has 0 saturated carbocycles. The summed E-state index contributed by atoms with van der Waals surface area (Å²) in [5.41, 5.74) is 0.642. The van der Waals surface area contributed by atoms with E-state index in [-0.39, 0.29) is 16.5 Å². The molecule has 21 heavy (non-hydrogen) atoms. The minimum Gasteiger partial charge on any atom is -0.336 e. The summed E-state index contributed by atoms with van der Waals surface area (Å²) in [4.78, 5) is 16.2. The first-order chi connectivity index (χ1) is 10.0. The van der Waals surface area contributed by atoms with Gasteiger partial charge in [0.05, 0.1) is 16.7 Å². The van der Waals surface area contributed by atoms with Crippen molar-refractivity contribution in [1.82, 2.24) is 9.80 Å². The molecule has 2 rings (SSSR count). The van der Waals surface area contributed by atoms with Gasteiger partial charge in [0.25, 0.3) is 5.91 Å². The predicted octanol–water partition coefficient (Wildman–Crippen LogP) is 2.46. The fourth-order valence-electron chi connectivity index (χ4n) is 2.36. The molecule has 0 bridgehead atoms. The highest BCUT2D eigenvalue weighted by Gasteiger charge is 2.24. The van der Waals surface area contributed by atoms with Gasteiger partial charge in [0.1, 0.15) is 5.82 Å². The average molecular weight is 310 g/mol. The molecule has 0 radical (unpaired) electrons. The number of hydrogen-bond donors (Lipinski definition) is 0. The average Bonchev–Trinajstić information content (AvgIpc) is 2.48. The molecule has 0 atom stereocenters. The number of nitriles is 1. The van der Waals surface area contributed by atoms with Crippen LogP contribution in [-0.4, -0.2) is 48.4 Å². The Morgan fingerprint density at radius 1 is 1.38 bits per heavy atom. The van der Waals surface area contributed by atoms with Crippen LogP contribution < -0.4 is 0 Å². The fourth-order valence-corrected chi connectivity index (χ4v) is 2.66.